The first kappa shape index (κ1) is 11.5. The number of nitrogens with two attached hydrogens (primary N) is 1. The van der Waals surface area contributed by atoms with Crippen LogP contribution in [0.15, 0.2) is 24.3 Å². The number of carbonyl (C=O) groups excluding carboxylic acids is 1. The summed E-state index contributed by atoms with van der Waals surface area (Å²) in [7, 11) is 0. The second kappa shape index (κ2) is 4.79. The first-order chi connectivity index (χ1) is 7.00. The Morgan fingerprint density at radius 1 is 1.53 bits per heavy atom. The summed E-state index contributed by atoms with van der Waals surface area (Å²) in [4.78, 5) is 10.5. The fourth-order valence-electron chi connectivity index (χ4n) is 1.37. The number of aliphatic hydroxyl groups is 1. The zero-order chi connectivity index (χ0) is 11.4. The molecule has 3 N–H and O–H groups in total. The lowest BCUT2D eigenvalue weighted by atomic mass is 10.0. The van der Waals surface area contributed by atoms with E-state index in [4.69, 9.17) is 10.5 Å². The van der Waals surface area contributed by atoms with Crippen LogP contribution < -0.4 is 5.73 Å². The molecule has 0 saturated carbocycles. The summed E-state index contributed by atoms with van der Waals surface area (Å²) in [6.45, 7) is 3.52. The van der Waals surface area contributed by atoms with E-state index in [1.165, 1.54) is 0 Å². The van der Waals surface area contributed by atoms with Crippen LogP contribution >= 0.6 is 0 Å². The van der Waals surface area contributed by atoms with Crippen molar-refractivity contribution in [1.82, 2.24) is 0 Å². The van der Waals surface area contributed by atoms with Crippen LogP contribution in [0.4, 0.5) is 4.79 Å². The van der Waals surface area contributed by atoms with Gasteiger partial charge in [-0.15, -0.1) is 0 Å². The van der Waals surface area contributed by atoms with Crippen molar-refractivity contribution in [3.8, 4) is 0 Å². The van der Waals surface area contributed by atoms with E-state index in [9.17, 15) is 9.90 Å². The van der Waals surface area contributed by atoms with Crippen molar-refractivity contribution in [2.45, 2.75) is 26.1 Å². The van der Waals surface area contributed by atoms with Gasteiger partial charge in [-0.2, -0.15) is 0 Å². The van der Waals surface area contributed by atoms with Crippen LogP contribution in [0.1, 0.15) is 24.2 Å². The van der Waals surface area contributed by atoms with Crippen molar-refractivity contribution in [2.24, 2.45) is 5.73 Å². The van der Waals surface area contributed by atoms with Gasteiger partial charge in [-0.05, 0) is 19.4 Å². The van der Waals surface area contributed by atoms with E-state index < -0.39 is 18.3 Å². The van der Waals surface area contributed by atoms with Crippen molar-refractivity contribution in [3.05, 3.63) is 35.4 Å². The van der Waals surface area contributed by atoms with Crippen LogP contribution in [0, 0.1) is 6.92 Å². The fourth-order valence-corrected chi connectivity index (χ4v) is 1.37. The molecule has 0 aliphatic rings. The summed E-state index contributed by atoms with van der Waals surface area (Å²) in [5, 5.41) is 9.83. The number of hydrogen-bond acceptors (Lipinski definition) is 3. The monoisotopic (exact) mass is 209 g/mol. The maximum Gasteiger partial charge on any atom is 0.404 e. The molecule has 0 saturated heterocycles. The first-order valence-electron chi connectivity index (χ1n) is 4.71. The number of primary amides is 1. The molecular formula is C11H15NO3. The quantitative estimate of drug-likeness (QED) is 0.792. The number of rotatable bonds is 3. The Labute approximate surface area is 88.7 Å². The number of hydrogen-bond donors (Lipinski definition) is 2. The number of benzene rings is 1. The summed E-state index contributed by atoms with van der Waals surface area (Å²) in [6, 6.07) is 7.38. The number of ether oxygens (including phenoxy) is 1. The van der Waals surface area contributed by atoms with Crippen LogP contribution in [0.3, 0.4) is 0 Å². The van der Waals surface area contributed by atoms with Crippen molar-refractivity contribution >= 4 is 6.09 Å². The minimum absolute atomic E-state index is 0.649. The third-order valence-electron chi connectivity index (χ3n) is 2.13. The predicted octanol–water partition coefficient (Wildman–Crippen LogP) is 1.51. The smallest absolute Gasteiger partial charge is 0.404 e. The minimum Gasteiger partial charge on any atom is -0.444 e. The van der Waals surface area contributed by atoms with Gasteiger partial charge in [0.1, 0.15) is 12.2 Å². The van der Waals surface area contributed by atoms with Gasteiger partial charge in [0.15, 0.2) is 0 Å². The zero-order valence-corrected chi connectivity index (χ0v) is 8.81. The van der Waals surface area contributed by atoms with Crippen LogP contribution in [-0.4, -0.2) is 17.3 Å². The number of carbonyl (C=O) groups is 1. The highest BCUT2D eigenvalue weighted by Crippen LogP contribution is 2.19. The second-order valence-electron chi connectivity index (χ2n) is 3.50. The zero-order valence-electron chi connectivity index (χ0n) is 8.81. The summed E-state index contributed by atoms with van der Waals surface area (Å²) in [5.41, 5.74) is 6.62. The molecule has 0 aliphatic carbocycles. The van der Waals surface area contributed by atoms with Gasteiger partial charge in [-0.25, -0.2) is 4.79 Å². The number of aryl methyl sites for hydroxylation is 1. The highest BCUT2D eigenvalue weighted by atomic mass is 16.6. The Kier molecular flexibility index (Phi) is 3.68. The van der Waals surface area contributed by atoms with Crippen molar-refractivity contribution in [2.75, 3.05) is 0 Å². The maximum atomic E-state index is 10.5. The van der Waals surface area contributed by atoms with Gasteiger partial charge >= 0.3 is 6.09 Å². The van der Waals surface area contributed by atoms with Gasteiger partial charge in [-0.3, -0.25) is 0 Å². The molecule has 82 valence electrons. The van der Waals surface area contributed by atoms with Crippen molar-refractivity contribution in [3.63, 3.8) is 0 Å². The van der Waals surface area contributed by atoms with E-state index in [-0.39, 0.29) is 0 Å². The molecule has 1 rings (SSSR count). The molecule has 0 heterocycles. The van der Waals surface area contributed by atoms with Gasteiger partial charge < -0.3 is 15.6 Å². The van der Waals surface area contributed by atoms with Crippen LogP contribution in [0.25, 0.3) is 0 Å². The topological polar surface area (TPSA) is 72.6 Å². The van der Waals surface area contributed by atoms with E-state index in [0.29, 0.717) is 5.56 Å². The molecular weight excluding hydrogens is 194 g/mol. The van der Waals surface area contributed by atoms with Crippen molar-refractivity contribution in [1.29, 1.82) is 0 Å². The predicted molar refractivity (Wildman–Crippen MR) is 56.3 cm³/mol. The summed E-state index contributed by atoms with van der Waals surface area (Å²) < 4.78 is 4.70. The fraction of sp³-hybridized carbons (Fsp3) is 0.364. The molecule has 0 unspecified atom stereocenters. The average molecular weight is 209 g/mol. The van der Waals surface area contributed by atoms with E-state index in [2.05, 4.69) is 0 Å². The van der Waals surface area contributed by atoms with Gasteiger partial charge in [0.2, 0.25) is 0 Å². The third kappa shape index (κ3) is 3.25. The lowest BCUT2D eigenvalue weighted by Crippen LogP contribution is -2.25. The Bertz CT molecular complexity index is 351. The summed E-state index contributed by atoms with van der Waals surface area (Å²) >= 11 is 0. The standard InChI is InChI=1S/C11H15NO3/c1-7-4-3-5-9(6-7)10(13)8(2)15-11(12)14/h3-6,8,10,13H,1-2H3,(H2,12,14)/t8-,10+/m0/s1. The Morgan fingerprint density at radius 2 is 2.20 bits per heavy atom. The molecule has 15 heavy (non-hydrogen) atoms. The number of aliphatic hydroxyl groups excluding tert-OH is 1. The summed E-state index contributed by atoms with van der Waals surface area (Å²) in [6.07, 6.45) is -2.38. The molecule has 1 aromatic carbocycles. The normalized spacial score (nSPS) is 14.3. The molecule has 0 fully saturated rings. The van der Waals surface area contributed by atoms with Gasteiger partial charge in [0.05, 0.1) is 0 Å². The molecule has 0 bridgehead atoms. The molecule has 0 aromatic heterocycles. The highest BCUT2D eigenvalue weighted by Gasteiger charge is 2.19. The molecule has 4 nitrogen and oxygen atoms in total. The van der Waals surface area contributed by atoms with Crippen molar-refractivity contribution < 1.29 is 14.6 Å². The summed E-state index contributed by atoms with van der Waals surface area (Å²) in [5.74, 6) is 0. The molecule has 4 heteroatoms. The molecule has 0 radical (unpaired) electrons. The first-order valence-corrected chi connectivity index (χ1v) is 4.71. The van der Waals surface area contributed by atoms with E-state index in [1.807, 2.05) is 25.1 Å². The minimum atomic E-state index is -0.880. The Morgan fingerprint density at radius 3 is 2.73 bits per heavy atom. The van der Waals surface area contributed by atoms with Gasteiger partial charge in [-0.1, -0.05) is 29.8 Å². The van der Waals surface area contributed by atoms with E-state index in [1.54, 1.807) is 13.0 Å². The van der Waals surface area contributed by atoms with Crippen LogP contribution in [-0.2, 0) is 4.74 Å². The lowest BCUT2D eigenvalue weighted by molar-refractivity contribution is 0.0157. The Hall–Kier alpha value is -1.55. The molecule has 1 aromatic rings. The average Bonchev–Trinajstić information content (AvgIpc) is 2.15. The van der Waals surface area contributed by atoms with E-state index >= 15 is 0 Å². The lowest BCUT2D eigenvalue weighted by Gasteiger charge is -2.18. The number of amides is 1. The molecule has 0 aliphatic heterocycles. The van der Waals surface area contributed by atoms with Crippen LogP contribution in [0.2, 0.25) is 0 Å². The highest BCUT2D eigenvalue weighted by molar-refractivity contribution is 5.64. The maximum absolute atomic E-state index is 10.5. The SMILES string of the molecule is Cc1cccc([C@H](O)[C@H](C)OC(N)=O)c1. The Balaban J connectivity index is 2.75. The largest absolute Gasteiger partial charge is 0.444 e. The van der Waals surface area contributed by atoms with Crippen LogP contribution in [0.5, 0.6) is 0 Å². The molecule has 2 atom stereocenters. The molecule has 0 spiro atoms. The second-order valence-corrected chi connectivity index (χ2v) is 3.50. The van der Waals surface area contributed by atoms with Gasteiger partial charge in [0.25, 0.3) is 0 Å². The van der Waals surface area contributed by atoms with Gasteiger partial charge in [0, 0.05) is 0 Å². The third-order valence-corrected chi connectivity index (χ3v) is 2.13. The molecule has 1 amide bonds. The van der Waals surface area contributed by atoms with E-state index in [0.717, 1.165) is 5.56 Å².